The standard InChI is InChI=1S/C17H14ClN3O3/c18-12-3-1-10(2-4-12)15-14(7-19-20-15)16(22)21-6-5-13-11(8-21)9-24-17(13)23/h1-4,7H,5-6,8-9H2,(H,19,20). The van der Waals surface area contributed by atoms with Crippen LogP contribution in [0.25, 0.3) is 11.3 Å². The summed E-state index contributed by atoms with van der Waals surface area (Å²) in [5.74, 6) is -0.359. The van der Waals surface area contributed by atoms with Gasteiger partial charge in [-0.2, -0.15) is 5.10 Å². The molecule has 0 aliphatic carbocycles. The van der Waals surface area contributed by atoms with E-state index in [-0.39, 0.29) is 18.5 Å². The largest absolute Gasteiger partial charge is 0.458 e. The van der Waals surface area contributed by atoms with E-state index in [0.717, 1.165) is 16.7 Å². The van der Waals surface area contributed by atoms with Crippen LogP contribution in [0.15, 0.2) is 41.6 Å². The second kappa shape index (κ2) is 5.79. The van der Waals surface area contributed by atoms with Gasteiger partial charge in [0.1, 0.15) is 6.61 Å². The molecule has 0 unspecified atom stereocenters. The van der Waals surface area contributed by atoms with Gasteiger partial charge in [-0.25, -0.2) is 4.79 Å². The van der Waals surface area contributed by atoms with E-state index in [2.05, 4.69) is 10.2 Å². The summed E-state index contributed by atoms with van der Waals surface area (Å²) in [6, 6.07) is 7.22. The fraction of sp³-hybridized carbons (Fsp3) is 0.235. The van der Waals surface area contributed by atoms with Crippen molar-refractivity contribution >= 4 is 23.5 Å². The van der Waals surface area contributed by atoms with Crippen molar-refractivity contribution in [3.05, 3.63) is 52.2 Å². The summed E-state index contributed by atoms with van der Waals surface area (Å²) in [4.78, 5) is 26.2. The lowest BCUT2D eigenvalue weighted by Gasteiger charge is -2.26. The molecule has 4 rings (SSSR count). The Morgan fingerprint density at radius 1 is 1.29 bits per heavy atom. The number of carbonyl (C=O) groups excluding carboxylic acids is 2. The van der Waals surface area contributed by atoms with E-state index in [9.17, 15) is 9.59 Å². The zero-order valence-corrected chi connectivity index (χ0v) is 13.5. The number of halogens is 1. The Balaban J connectivity index is 1.60. The van der Waals surface area contributed by atoms with Crippen molar-refractivity contribution in [2.45, 2.75) is 6.42 Å². The van der Waals surface area contributed by atoms with Gasteiger partial charge in [0.15, 0.2) is 0 Å². The molecule has 0 bridgehead atoms. The lowest BCUT2D eigenvalue weighted by molar-refractivity contribution is -0.136. The number of aromatic nitrogens is 2. The molecule has 24 heavy (non-hydrogen) atoms. The molecule has 1 N–H and O–H groups in total. The van der Waals surface area contributed by atoms with E-state index in [1.165, 1.54) is 6.20 Å². The van der Waals surface area contributed by atoms with Crippen molar-refractivity contribution in [2.24, 2.45) is 0 Å². The lowest BCUT2D eigenvalue weighted by Crippen LogP contribution is -2.37. The molecule has 2 aliphatic heterocycles. The Kier molecular flexibility index (Phi) is 3.61. The number of esters is 1. The molecule has 0 spiro atoms. The number of cyclic esters (lactones) is 1. The fourth-order valence-electron chi connectivity index (χ4n) is 3.08. The van der Waals surface area contributed by atoms with Crippen LogP contribution >= 0.6 is 11.6 Å². The lowest BCUT2D eigenvalue weighted by atomic mass is 10.0. The van der Waals surface area contributed by atoms with Gasteiger partial charge >= 0.3 is 5.97 Å². The Morgan fingerprint density at radius 2 is 2.08 bits per heavy atom. The van der Waals surface area contributed by atoms with Crippen LogP contribution < -0.4 is 0 Å². The number of ether oxygens (including phenoxy) is 1. The number of nitrogens with zero attached hydrogens (tertiary/aromatic N) is 2. The first-order chi connectivity index (χ1) is 11.6. The first kappa shape index (κ1) is 15.0. The monoisotopic (exact) mass is 343 g/mol. The van der Waals surface area contributed by atoms with Crippen LogP contribution in [0.3, 0.4) is 0 Å². The van der Waals surface area contributed by atoms with Gasteiger partial charge < -0.3 is 9.64 Å². The fourth-order valence-corrected chi connectivity index (χ4v) is 3.20. The highest BCUT2D eigenvalue weighted by atomic mass is 35.5. The molecule has 1 aromatic heterocycles. The maximum atomic E-state index is 12.9. The van der Waals surface area contributed by atoms with Crippen LogP contribution in [0.1, 0.15) is 16.8 Å². The van der Waals surface area contributed by atoms with Gasteiger partial charge in [0.25, 0.3) is 5.91 Å². The molecule has 122 valence electrons. The molecular formula is C17H14ClN3O3. The molecule has 2 aromatic rings. The highest BCUT2D eigenvalue weighted by Crippen LogP contribution is 2.28. The normalized spacial score (nSPS) is 17.0. The molecule has 1 aromatic carbocycles. The van der Waals surface area contributed by atoms with Crippen molar-refractivity contribution in [1.29, 1.82) is 0 Å². The Hall–Kier alpha value is -2.60. The van der Waals surface area contributed by atoms with Crippen LogP contribution in [-0.2, 0) is 9.53 Å². The van der Waals surface area contributed by atoms with Crippen LogP contribution in [0, 0.1) is 0 Å². The number of benzene rings is 1. The molecule has 3 heterocycles. The van der Waals surface area contributed by atoms with Crippen molar-refractivity contribution in [2.75, 3.05) is 19.7 Å². The van der Waals surface area contributed by atoms with Gasteiger partial charge in [0.05, 0.1) is 17.5 Å². The maximum Gasteiger partial charge on any atom is 0.334 e. The number of carbonyl (C=O) groups is 2. The van der Waals surface area contributed by atoms with Crippen molar-refractivity contribution in [3.8, 4) is 11.3 Å². The quantitative estimate of drug-likeness (QED) is 0.850. The summed E-state index contributed by atoms with van der Waals surface area (Å²) in [5, 5.41) is 7.53. The first-order valence-electron chi connectivity index (χ1n) is 7.60. The number of aromatic amines is 1. The SMILES string of the molecule is O=C1OCC2=C1CCN(C(=O)c1cn[nH]c1-c1ccc(Cl)cc1)C2. The highest BCUT2D eigenvalue weighted by molar-refractivity contribution is 6.30. The number of hydrogen-bond acceptors (Lipinski definition) is 4. The predicted molar refractivity (Wildman–Crippen MR) is 87.5 cm³/mol. The summed E-state index contributed by atoms with van der Waals surface area (Å²) in [7, 11) is 0. The van der Waals surface area contributed by atoms with Gasteiger partial charge in [-0.3, -0.25) is 9.89 Å². The summed E-state index contributed by atoms with van der Waals surface area (Å²) in [5.41, 5.74) is 3.64. The second-order valence-electron chi connectivity index (χ2n) is 5.80. The van der Waals surface area contributed by atoms with E-state index in [1.54, 1.807) is 17.0 Å². The molecule has 0 fully saturated rings. The van der Waals surface area contributed by atoms with Crippen LogP contribution in [-0.4, -0.2) is 46.7 Å². The first-order valence-corrected chi connectivity index (χ1v) is 7.98. The molecule has 1 amide bonds. The Bertz CT molecular complexity index is 854. The minimum Gasteiger partial charge on any atom is -0.458 e. The van der Waals surface area contributed by atoms with E-state index >= 15 is 0 Å². The van der Waals surface area contributed by atoms with E-state index < -0.39 is 0 Å². The Labute approximate surface area is 143 Å². The topological polar surface area (TPSA) is 75.3 Å². The van der Waals surface area contributed by atoms with E-state index in [0.29, 0.717) is 35.8 Å². The number of nitrogens with one attached hydrogen (secondary N) is 1. The van der Waals surface area contributed by atoms with E-state index in [4.69, 9.17) is 16.3 Å². The minimum atomic E-state index is -0.248. The predicted octanol–water partition coefficient (Wildman–Crippen LogP) is 2.43. The van der Waals surface area contributed by atoms with Gasteiger partial charge in [-0.1, -0.05) is 23.7 Å². The van der Waals surface area contributed by atoms with Gasteiger partial charge in [0, 0.05) is 29.2 Å². The average molecular weight is 344 g/mol. The van der Waals surface area contributed by atoms with Gasteiger partial charge in [-0.15, -0.1) is 0 Å². The molecule has 6 nitrogen and oxygen atoms in total. The Morgan fingerprint density at radius 3 is 2.88 bits per heavy atom. The average Bonchev–Trinajstić information content (AvgIpc) is 3.22. The van der Waals surface area contributed by atoms with Crippen LogP contribution in [0.5, 0.6) is 0 Å². The zero-order chi connectivity index (χ0) is 16.7. The molecule has 7 heteroatoms. The highest BCUT2D eigenvalue weighted by Gasteiger charge is 2.32. The summed E-state index contributed by atoms with van der Waals surface area (Å²) in [6.07, 6.45) is 2.07. The summed E-state index contributed by atoms with van der Waals surface area (Å²) >= 11 is 5.92. The summed E-state index contributed by atoms with van der Waals surface area (Å²) < 4.78 is 5.04. The second-order valence-corrected chi connectivity index (χ2v) is 6.24. The van der Waals surface area contributed by atoms with Crippen molar-refractivity contribution in [3.63, 3.8) is 0 Å². The number of amides is 1. The van der Waals surface area contributed by atoms with Crippen LogP contribution in [0.4, 0.5) is 0 Å². The number of rotatable bonds is 2. The van der Waals surface area contributed by atoms with Gasteiger partial charge in [-0.05, 0) is 24.1 Å². The molecular weight excluding hydrogens is 330 g/mol. The third kappa shape index (κ3) is 2.49. The smallest absolute Gasteiger partial charge is 0.334 e. The molecule has 2 aliphatic rings. The molecule has 0 radical (unpaired) electrons. The molecule has 0 saturated heterocycles. The minimum absolute atomic E-state index is 0.111. The molecule has 0 atom stereocenters. The third-order valence-corrected chi connectivity index (χ3v) is 4.61. The van der Waals surface area contributed by atoms with E-state index in [1.807, 2.05) is 12.1 Å². The number of H-pyrrole nitrogens is 1. The third-order valence-electron chi connectivity index (χ3n) is 4.35. The van der Waals surface area contributed by atoms with Crippen LogP contribution in [0.2, 0.25) is 5.02 Å². The summed E-state index contributed by atoms with van der Waals surface area (Å²) in [6.45, 7) is 1.20. The van der Waals surface area contributed by atoms with Gasteiger partial charge in [0.2, 0.25) is 0 Å². The molecule has 0 saturated carbocycles. The number of hydrogen-bond donors (Lipinski definition) is 1. The van der Waals surface area contributed by atoms with Crippen molar-refractivity contribution in [1.82, 2.24) is 15.1 Å². The maximum absolute atomic E-state index is 12.9. The zero-order valence-electron chi connectivity index (χ0n) is 12.7. The van der Waals surface area contributed by atoms with Crippen molar-refractivity contribution < 1.29 is 14.3 Å².